The van der Waals surface area contributed by atoms with Crippen molar-refractivity contribution >= 4 is 17.2 Å². The van der Waals surface area contributed by atoms with Crippen LogP contribution in [0.3, 0.4) is 0 Å². The molecule has 0 atom stereocenters. The highest BCUT2D eigenvalue weighted by molar-refractivity contribution is 7.80. The average molecular weight is 312 g/mol. The van der Waals surface area contributed by atoms with Crippen molar-refractivity contribution < 1.29 is 13.2 Å². The second kappa shape index (κ2) is 5.69. The van der Waals surface area contributed by atoms with Gasteiger partial charge in [-0.2, -0.15) is 13.2 Å². The minimum atomic E-state index is -4.50. The van der Waals surface area contributed by atoms with E-state index in [2.05, 4.69) is 0 Å². The summed E-state index contributed by atoms with van der Waals surface area (Å²) >= 11 is 4.89. The molecule has 0 aliphatic heterocycles. The second-order valence-electron chi connectivity index (χ2n) is 4.40. The van der Waals surface area contributed by atoms with Crippen LogP contribution in [0.1, 0.15) is 16.7 Å². The molecular weight excluding hydrogens is 301 g/mol. The van der Waals surface area contributed by atoms with Gasteiger partial charge in [-0.3, -0.25) is 4.79 Å². The van der Waals surface area contributed by atoms with Gasteiger partial charge < -0.3 is 10.3 Å². The van der Waals surface area contributed by atoms with Crippen LogP contribution in [0.2, 0.25) is 0 Å². The minimum Gasteiger partial charge on any atom is -0.389 e. The van der Waals surface area contributed by atoms with E-state index in [4.69, 9.17) is 18.0 Å². The number of nitrogens with two attached hydrogens (primary N) is 1. The summed E-state index contributed by atoms with van der Waals surface area (Å²) in [7, 11) is 0. The maximum Gasteiger partial charge on any atom is 0.417 e. The summed E-state index contributed by atoms with van der Waals surface area (Å²) in [6.45, 7) is -0.0315. The summed E-state index contributed by atoms with van der Waals surface area (Å²) in [6, 6.07) is 8.41. The smallest absolute Gasteiger partial charge is 0.389 e. The maximum absolute atomic E-state index is 12.7. The van der Waals surface area contributed by atoms with E-state index in [1.54, 1.807) is 24.3 Å². The number of alkyl halides is 3. The number of hydrogen-bond donors (Lipinski definition) is 1. The first-order chi connectivity index (χ1) is 9.79. The van der Waals surface area contributed by atoms with Gasteiger partial charge in [-0.1, -0.05) is 36.5 Å². The summed E-state index contributed by atoms with van der Waals surface area (Å²) in [6.07, 6.45) is -3.71. The van der Waals surface area contributed by atoms with Gasteiger partial charge in [0.2, 0.25) is 0 Å². The fourth-order valence-corrected chi connectivity index (χ4v) is 2.10. The third kappa shape index (κ3) is 3.49. The Bertz CT molecular complexity index is 737. The topological polar surface area (TPSA) is 48.0 Å². The number of halogens is 3. The van der Waals surface area contributed by atoms with Crippen molar-refractivity contribution in [2.45, 2.75) is 12.7 Å². The van der Waals surface area contributed by atoms with Crippen LogP contribution in [0.4, 0.5) is 13.2 Å². The number of nitrogens with zero attached hydrogens (tertiary/aromatic N) is 1. The first-order valence-electron chi connectivity index (χ1n) is 5.94. The van der Waals surface area contributed by atoms with Crippen molar-refractivity contribution in [3.8, 4) is 0 Å². The Hall–Kier alpha value is -2.15. The largest absolute Gasteiger partial charge is 0.417 e. The first-order valence-corrected chi connectivity index (χ1v) is 6.35. The third-order valence-corrected chi connectivity index (χ3v) is 3.15. The highest BCUT2D eigenvalue weighted by atomic mass is 32.1. The molecule has 2 aromatic rings. The van der Waals surface area contributed by atoms with Crippen molar-refractivity contribution in [3.05, 3.63) is 69.6 Å². The molecule has 0 saturated heterocycles. The van der Waals surface area contributed by atoms with Gasteiger partial charge in [0.05, 0.1) is 12.1 Å². The van der Waals surface area contributed by atoms with Crippen LogP contribution in [0, 0.1) is 0 Å². The Labute approximate surface area is 123 Å². The van der Waals surface area contributed by atoms with Gasteiger partial charge >= 0.3 is 6.18 Å². The average Bonchev–Trinajstić information content (AvgIpc) is 2.40. The summed E-state index contributed by atoms with van der Waals surface area (Å²) < 4.78 is 39.1. The SMILES string of the molecule is NC(=S)c1ccccc1Cn1cc(C(F)(F)F)ccc1=O. The molecule has 110 valence electrons. The molecule has 0 aliphatic carbocycles. The van der Waals surface area contributed by atoms with Crippen LogP contribution in [-0.2, 0) is 12.7 Å². The van der Waals surface area contributed by atoms with Crippen LogP contribution in [0.5, 0.6) is 0 Å². The van der Waals surface area contributed by atoms with Crippen LogP contribution in [0.15, 0.2) is 47.4 Å². The normalized spacial score (nSPS) is 11.4. The quantitative estimate of drug-likeness (QED) is 0.886. The molecule has 1 heterocycles. The zero-order chi connectivity index (χ0) is 15.6. The van der Waals surface area contributed by atoms with E-state index in [0.29, 0.717) is 11.1 Å². The zero-order valence-corrected chi connectivity index (χ0v) is 11.5. The van der Waals surface area contributed by atoms with Crippen molar-refractivity contribution in [1.29, 1.82) is 0 Å². The van der Waals surface area contributed by atoms with Crippen LogP contribution in [-0.4, -0.2) is 9.56 Å². The lowest BCUT2D eigenvalue weighted by Crippen LogP contribution is -2.23. The van der Waals surface area contributed by atoms with E-state index in [1.165, 1.54) is 0 Å². The van der Waals surface area contributed by atoms with Crippen molar-refractivity contribution in [2.75, 3.05) is 0 Å². The van der Waals surface area contributed by atoms with Gasteiger partial charge in [-0.05, 0) is 11.6 Å². The molecule has 0 bridgehead atoms. The molecule has 3 nitrogen and oxygen atoms in total. The highest BCUT2D eigenvalue weighted by Crippen LogP contribution is 2.28. The van der Waals surface area contributed by atoms with Crippen LogP contribution in [0.25, 0.3) is 0 Å². The molecule has 1 aromatic carbocycles. The Morgan fingerprint density at radius 3 is 2.48 bits per heavy atom. The molecule has 2 rings (SSSR count). The Morgan fingerprint density at radius 1 is 1.19 bits per heavy atom. The summed E-state index contributed by atoms with van der Waals surface area (Å²) in [5.41, 5.74) is 5.29. The van der Waals surface area contributed by atoms with Gasteiger partial charge in [0.25, 0.3) is 5.56 Å². The maximum atomic E-state index is 12.7. The lowest BCUT2D eigenvalue weighted by atomic mass is 10.1. The van der Waals surface area contributed by atoms with Gasteiger partial charge in [-0.15, -0.1) is 0 Å². The Balaban J connectivity index is 2.45. The molecule has 0 unspecified atom stereocenters. The Morgan fingerprint density at radius 2 is 1.86 bits per heavy atom. The molecule has 0 saturated carbocycles. The van der Waals surface area contributed by atoms with E-state index in [9.17, 15) is 18.0 Å². The minimum absolute atomic E-state index is 0.0315. The number of rotatable bonds is 3. The molecular formula is C14H11F3N2OS. The van der Waals surface area contributed by atoms with Crippen molar-refractivity contribution in [1.82, 2.24) is 4.57 Å². The van der Waals surface area contributed by atoms with E-state index >= 15 is 0 Å². The molecule has 0 aliphatic rings. The lowest BCUT2D eigenvalue weighted by Gasteiger charge is -2.13. The van der Waals surface area contributed by atoms with Gasteiger partial charge in [-0.25, -0.2) is 0 Å². The summed E-state index contributed by atoms with van der Waals surface area (Å²) in [5.74, 6) is 0. The summed E-state index contributed by atoms with van der Waals surface area (Å²) in [4.78, 5) is 11.8. The van der Waals surface area contributed by atoms with Crippen LogP contribution >= 0.6 is 12.2 Å². The number of hydrogen-bond acceptors (Lipinski definition) is 2. The fraction of sp³-hybridized carbons (Fsp3) is 0.143. The molecule has 1 aromatic heterocycles. The van der Waals surface area contributed by atoms with E-state index in [0.717, 1.165) is 22.9 Å². The van der Waals surface area contributed by atoms with Gasteiger partial charge in [0.15, 0.2) is 0 Å². The predicted octanol–water partition coefficient (Wildman–Crippen LogP) is 2.55. The fourth-order valence-electron chi connectivity index (χ4n) is 1.90. The Kier molecular flexibility index (Phi) is 4.13. The second-order valence-corrected chi connectivity index (χ2v) is 4.84. The van der Waals surface area contributed by atoms with Crippen molar-refractivity contribution in [3.63, 3.8) is 0 Å². The number of thiocarbonyl (C=S) groups is 1. The zero-order valence-electron chi connectivity index (χ0n) is 10.7. The molecule has 7 heteroatoms. The number of benzene rings is 1. The molecule has 0 fully saturated rings. The van der Waals surface area contributed by atoms with E-state index in [-0.39, 0.29) is 11.5 Å². The number of pyridine rings is 1. The van der Waals surface area contributed by atoms with Crippen molar-refractivity contribution in [2.24, 2.45) is 5.73 Å². The predicted molar refractivity (Wildman–Crippen MR) is 77.1 cm³/mol. The third-order valence-electron chi connectivity index (χ3n) is 2.93. The lowest BCUT2D eigenvalue weighted by molar-refractivity contribution is -0.138. The highest BCUT2D eigenvalue weighted by Gasteiger charge is 2.31. The number of aromatic nitrogens is 1. The standard InChI is InChI=1S/C14H11F3N2OS/c15-14(16,17)10-5-6-12(20)19(8-10)7-9-3-1-2-4-11(9)13(18)21/h1-6,8H,7H2,(H2,18,21). The molecule has 2 N–H and O–H groups in total. The molecule has 0 radical (unpaired) electrons. The van der Waals surface area contributed by atoms with E-state index in [1.807, 2.05) is 0 Å². The molecule has 0 spiro atoms. The molecule has 21 heavy (non-hydrogen) atoms. The van der Waals surface area contributed by atoms with E-state index < -0.39 is 17.3 Å². The van der Waals surface area contributed by atoms with Gasteiger partial charge in [0, 0.05) is 17.8 Å². The van der Waals surface area contributed by atoms with Crippen LogP contribution < -0.4 is 11.3 Å². The first kappa shape index (κ1) is 15.2. The monoisotopic (exact) mass is 312 g/mol. The van der Waals surface area contributed by atoms with Gasteiger partial charge in [0.1, 0.15) is 4.99 Å². The summed E-state index contributed by atoms with van der Waals surface area (Å²) in [5, 5.41) is 0. The molecule has 0 amide bonds.